The minimum atomic E-state index is -0.306. The lowest BCUT2D eigenvalue weighted by Gasteiger charge is -2.10. The molecule has 8 heteroatoms. The van der Waals surface area contributed by atoms with Crippen LogP contribution in [0.2, 0.25) is 0 Å². The Balaban J connectivity index is 1.50. The van der Waals surface area contributed by atoms with E-state index in [1.54, 1.807) is 13.0 Å². The number of benzene rings is 1. The molecule has 0 radical (unpaired) electrons. The van der Waals surface area contributed by atoms with Gasteiger partial charge >= 0.3 is 0 Å². The first-order valence-electron chi connectivity index (χ1n) is 8.85. The smallest absolute Gasteiger partial charge is 0.273 e. The molecule has 0 aliphatic rings. The molecule has 1 amide bonds. The molecule has 0 spiro atoms. The SMILES string of the molecule is CCc1ccc(-c2nc(CC(=O)Nn3c(C)nc4sccc4c3=O)cs2)cc1. The Morgan fingerprint density at radius 2 is 1.93 bits per heavy atom. The first-order chi connectivity index (χ1) is 13.5. The van der Waals surface area contributed by atoms with Crippen LogP contribution in [-0.4, -0.2) is 20.6 Å². The van der Waals surface area contributed by atoms with Crippen molar-refractivity contribution in [3.8, 4) is 10.6 Å². The number of nitrogens with one attached hydrogen (secondary N) is 1. The van der Waals surface area contributed by atoms with E-state index in [9.17, 15) is 9.59 Å². The Labute approximate surface area is 169 Å². The average Bonchev–Trinajstić information content (AvgIpc) is 3.35. The number of aryl methyl sites for hydroxylation is 2. The van der Waals surface area contributed by atoms with Crippen LogP contribution in [0.15, 0.2) is 45.9 Å². The van der Waals surface area contributed by atoms with Gasteiger partial charge in [-0.3, -0.25) is 15.0 Å². The van der Waals surface area contributed by atoms with E-state index in [2.05, 4.69) is 34.5 Å². The standard InChI is InChI=1S/C20H18N4O2S2/c1-3-13-4-6-14(7-5-13)18-22-15(11-28-18)10-17(25)23-24-12(2)21-19-16(20(24)26)8-9-27-19/h4-9,11H,3,10H2,1-2H3,(H,23,25). The number of rotatable bonds is 5. The highest BCUT2D eigenvalue weighted by atomic mass is 32.1. The van der Waals surface area contributed by atoms with Gasteiger partial charge in [0.1, 0.15) is 15.7 Å². The molecular formula is C20H18N4O2S2. The summed E-state index contributed by atoms with van der Waals surface area (Å²) >= 11 is 2.91. The molecule has 0 aliphatic carbocycles. The third kappa shape index (κ3) is 3.61. The number of carbonyl (C=O) groups is 1. The topological polar surface area (TPSA) is 76.9 Å². The Hall–Kier alpha value is -2.84. The van der Waals surface area contributed by atoms with Gasteiger partial charge in [0, 0.05) is 10.9 Å². The maximum Gasteiger partial charge on any atom is 0.281 e. The number of aromatic nitrogens is 3. The summed E-state index contributed by atoms with van der Waals surface area (Å²) in [5.74, 6) is 0.142. The van der Waals surface area contributed by atoms with E-state index in [0.29, 0.717) is 21.7 Å². The molecule has 1 N–H and O–H groups in total. The summed E-state index contributed by atoms with van der Waals surface area (Å²) in [7, 11) is 0. The van der Waals surface area contributed by atoms with Crippen LogP contribution < -0.4 is 11.0 Å². The van der Waals surface area contributed by atoms with E-state index >= 15 is 0 Å². The lowest BCUT2D eigenvalue weighted by atomic mass is 10.1. The summed E-state index contributed by atoms with van der Waals surface area (Å²) in [6, 6.07) is 9.99. The number of nitrogens with zero attached hydrogens (tertiary/aromatic N) is 3. The van der Waals surface area contributed by atoms with Gasteiger partial charge in [0.05, 0.1) is 17.5 Å². The predicted octanol–water partition coefficient (Wildman–Crippen LogP) is 3.77. The number of thiazole rings is 1. The highest BCUT2D eigenvalue weighted by Crippen LogP contribution is 2.24. The van der Waals surface area contributed by atoms with Gasteiger partial charge in [0.25, 0.3) is 5.56 Å². The van der Waals surface area contributed by atoms with Gasteiger partial charge < -0.3 is 0 Å². The van der Waals surface area contributed by atoms with Crippen LogP contribution in [0.25, 0.3) is 20.8 Å². The first-order valence-corrected chi connectivity index (χ1v) is 10.6. The van der Waals surface area contributed by atoms with E-state index in [0.717, 1.165) is 17.0 Å². The molecule has 0 unspecified atom stereocenters. The fraction of sp³-hybridized carbons (Fsp3) is 0.200. The van der Waals surface area contributed by atoms with E-state index in [1.807, 2.05) is 22.9 Å². The van der Waals surface area contributed by atoms with Crippen molar-refractivity contribution in [2.75, 3.05) is 5.43 Å². The van der Waals surface area contributed by atoms with Crippen LogP contribution in [-0.2, 0) is 17.6 Å². The molecule has 0 atom stereocenters. The number of amides is 1. The minimum absolute atomic E-state index is 0.0943. The predicted molar refractivity (Wildman–Crippen MR) is 114 cm³/mol. The molecular weight excluding hydrogens is 392 g/mol. The molecule has 0 bridgehead atoms. The lowest BCUT2D eigenvalue weighted by molar-refractivity contribution is -0.116. The highest BCUT2D eigenvalue weighted by Gasteiger charge is 2.14. The zero-order chi connectivity index (χ0) is 19.7. The number of hydrogen-bond acceptors (Lipinski definition) is 6. The van der Waals surface area contributed by atoms with Gasteiger partial charge in [-0.1, -0.05) is 31.2 Å². The summed E-state index contributed by atoms with van der Waals surface area (Å²) in [4.78, 5) is 34.6. The molecule has 6 nitrogen and oxygen atoms in total. The summed E-state index contributed by atoms with van der Waals surface area (Å²) in [6.07, 6.45) is 1.09. The van der Waals surface area contributed by atoms with Gasteiger partial charge in [-0.05, 0) is 30.4 Å². The highest BCUT2D eigenvalue weighted by molar-refractivity contribution is 7.16. The zero-order valence-corrected chi connectivity index (χ0v) is 17.1. The maximum absolute atomic E-state index is 12.5. The van der Waals surface area contributed by atoms with Gasteiger partial charge in [0.2, 0.25) is 5.91 Å². The monoisotopic (exact) mass is 410 g/mol. The van der Waals surface area contributed by atoms with Crippen molar-refractivity contribution in [2.24, 2.45) is 0 Å². The molecule has 0 fully saturated rings. The van der Waals surface area contributed by atoms with Crippen molar-refractivity contribution in [3.05, 3.63) is 68.5 Å². The quantitative estimate of drug-likeness (QED) is 0.543. The van der Waals surface area contributed by atoms with Crippen LogP contribution in [0, 0.1) is 6.92 Å². The van der Waals surface area contributed by atoms with Crippen LogP contribution in [0.5, 0.6) is 0 Å². The normalized spacial score (nSPS) is 11.1. The number of fused-ring (bicyclic) bond motifs is 1. The Morgan fingerprint density at radius 1 is 1.14 bits per heavy atom. The van der Waals surface area contributed by atoms with Gasteiger partial charge in [-0.25, -0.2) is 14.6 Å². The summed E-state index contributed by atoms with van der Waals surface area (Å²) in [5, 5.41) is 5.06. The number of hydrogen-bond donors (Lipinski definition) is 1. The third-order valence-electron chi connectivity index (χ3n) is 4.40. The number of carbonyl (C=O) groups excluding carboxylic acids is 1. The fourth-order valence-corrected chi connectivity index (χ4v) is 4.51. The van der Waals surface area contributed by atoms with Crippen LogP contribution >= 0.6 is 22.7 Å². The van der Waals surface area contributed by atoms with Crippen LogP contribution in [0.3, 0.4) is 0 Å². The fourth-order valence-electron chi connectivity index (χ4n) is 2.88. The molecule has 3 aromatic heterocycles. The molecule has 0 saturated carbocycles. The van der Waals surface area contributed by atoms with Crippen molar-refractivity contribution in [1.82, 2.24) is 14.6 Å². The minimum Gasteiger partial charge on any atom is -0.273 e. The Bertz CT molecular complexity index is 1210. The molecule has 3 heterocycles. The second-order valence-electron chi connectivity index (χ2n) is 6.35. The molecule has 28 heavy (non-hydrogen) atoms. The lowest BCUT2D eigenvalue weighted by Crippen LogP contribution is -2.36. The number of thiophene rings is 1. The molecule has 0 saturated heterocycles. The molecule has 0 aliphatic heterocycles. The van der Waals surface area contributed by atoms with Crippen molar-refractivity contribution in [3.63, 3.8) is 0 Å². The Kier molecular flexibility index (Phi) is 5.06. The average molecular weight is 411 g/mol. The summed E-state index contributed by atoms with van der Waals surface area (Å²) in [6.45, 7) is 3.82. The van der Waals surface area contributed by atoms with Crippen LogP contribution in [0.1, 0.15) is 24.0 Å². The van der Waals surface area contributed by atoms with E-state index < -0.39 is 0 Å². The molecule has 142 valence electrons. The maximum atomic E-state index is 12.5. The van der Waals surface area contributed by atoms with Gasteiger partial charge in [-0.15, -0.1) is 22.7 Å². The second-order valence-corrected chi connectivity index (χ2v) is 8.10. The van der Waals surface area contributed by atoms with Crippen molar-refractivity contribution in [2.45, 2.75) is 26.7 Å². The second kappa shape index (κ2) is 7.65. The third-order valence-corrected chi connectivity index (χ3v) is 6.15. The molecule has 4 rings (SSSR count). The molecule has 1 aromatic carbocycles. The van der Waals surface area contributed by atoms with E-state index in [-0.39, 0.29) is 17.9 Å². The molecule has 4 aromatic rings. The van der Waals surface area contributed by atoms with Crippen LogP contribution in [0.4, 0.5) is 0 Å². The Morgan fingerprint density at radius 3 is 2.68 bits per heavy atom. The van der Waals surface area contributed by atoms with Crippen molar-refractivity contribution in [1.29, 1.82) is 0 Å². The zero-order valence-electron chi connectivity index (χ0n) is 15.4. The first kappa shape index (κ1) is 18.5. The van der Waals surface area contributed by atoms with Crippen molar-refractivity contribution >= 4 is 38.8 Å². The summed E-state index contributed by atoms with van der Waals surface area (Å²) < 4.78 is 1.20. The van der Waals surface area contributed by atoms with E-state index in [1.165, 1.54) is 32.9 Å². The van der Waals surface area contributed by atoms with Gasteiger partial charge in [-0.2, -0.15) is 0 Å². The van der Waals surface area contributed by atoms with Gasteiger partial charge in [0.15, 0.2) is 0 Å². The van der Waals surface area contributed by atoms with Crippen molar-refractivity contribution < 1.29 is 4.79 Å². The van der Waals surface area contributed by atoms with E-state index in [4.69, 9.17) is 0 Å². The largest absolute Gasteiger partial charge is 0.281 e. The summed E-state index contributed by atoms with van der Waals surface area (Å²) in [5.41, 5.74) is 5.36.